The third-order valence-electron chi connectivity index (χ3n) is 3.13. The van der Waals surface area contributed by atoms with Gasteiger partial charge < -0.3 is 10.6 Å². The highest BCUT2D eigenvalue weighted by Crippen LogP contribution is 2.18. The van der Waals surface area contributed by atoms with Crippen molar-refractivity contribution in [2.45, 2.75) is 12.8 Å². The summed E-state index contributed by atoms with van der Waals surface area (Å²) >= 11 is 0. The second-order valence-corrected chi connectivity index (χ2v) is 4.59. The monoisotopic (exact) mass is 270 g/mol. The molecule has 0 atom stereocenters. The van der Waals surface area contributed by atoms with Crippen LogP contribution in [0.3, 0.4) is 0 Å². The number of carbonyl (C=O) groups excluding carboxylic acids is 2. The van der Waals surface area contributed by atoms with Crippen molar-refractivity contribution >= 4 is 23.1 Å². The molecule has 0 radical (unpaired) electrons. The van der Waals surface area contributed by atoms with E-state index < -0.39 is 0 Å². The minimum Gasteiger partial charge on any atom is -0.359 e. The average Bonchev–Trinajstić information content (AvgIpc) is 2.47. The number of carbonyl (C=O) groups is 2. The molecule has 2 N–H and O–H groups in total. The lowest BCUT2D eigenvalue weighted by Gasteiger charge is -2.07. The molecule has 0 saturated carbocycles. The van der Waals surface area contributed by atoms with Crippen molar-refractivity contribution in [3.8, 4) is 0 Å². The zero-order chi connectivity index (χ0) is 14.2. The van der Waals surface area contributed by atoms with Gasteiger partial charge in [0.1, 0.15) is 0 Å². The van der Waals surface area contributed by atoms with E-state index in [2.05, 4.69) is 10.6 Å². The Morgan fingerprint density at radius 1 is 1.05 bits per heavy atom. The van der Waals surface area contributed by atoms with Gasteiger partial charge in [-0.25, -0.2) is 0 Å². The van der Waals surface area contributed by atoms with Crippen LogP contribution in [0.4, 0.5) is 0 Å². The molecule has 4 heteroatoms. The molecule has 0 aliphatic heterocycles. The smallest absolute Gasteiger partial charge is 0.224 e. The highest BCUT2D eigenvalue weighted by Gasteiger charge is 2.06. The average molecular weight is 270 g/mol. The van der Waals surface area contributed by atoms with Gasteiger partial charge >= 0.3 is 0 Å². The van der Waals surface area contributed by atoms with Gasteiger partial charge in [0, 0.05) is 13.1 Å². The fraction of sp³-hybridized carbons (Fsp3) is 0.250. The quantitative estimate of drug-likeness (QED) is 0.593. The predicted molar refractivity (Wildman–Crippen MR) is 79.3 cm³/mol. The van der Waals surface area contributed by atoms with Crippen LogP contribution >= 0.6 is 0 Å². The summed E-state index contributed by atoms with van der Waals surface area (Å²) in [6.45, 7) is 1.16. The molecule has 0 spiro atoms. The van der Waals surface area contributed by atoms with Gasteiger partial charge in [-0.15, -0.1) is 0 Å². The summed E-state index contributed by atoms with van der Waals surface area (Å²) in [6.07, 6.45) is 1.78. The Balaban J connectivity index is 1.91. The standard InChI is InChI=1S/C16H18N2O2/c19-12-17-9-4-10-18-16(20)11-14-7-3-6-13-5-1-2-8-15(13)14/h1-3,5-8,12H,4,9-11H2,(H,17,19)(H,18,20). The Morgan fingerprint density at radius 2 is 1.85 bits per heavy atom. The highest BCUT2D eigenvalue weighted by molar-refractivity contribution is 5.90. The molecule has 2 aromatic carbocycles. The Labute approximate surface area is 118 Å². The molecule has 0 saturated heterocycles. The minimum atomic E-state index is 0.00690. The Hall–Kier alpha value is -2.36. The molecule has 0 fully saturated rings. The van der Waals surface area contributed by atoms with Gasteiger partial charge in [-0.2, -0.15) is 0 Å². The van der Waals surface area contributed by atoms with Gasteiger partial charge in [0.05, 0.1) is 6.42 Å². The summed E-state index contributed by atoms with van der Waals surface area (Å²) in [6, 6.07) is 14.0. The van der Waals surface area contributed by atoms with Crippen LogP contribution in [0.2, 0.25) is 0 Å². The van der Waals surface area contributed by atoms with Gasteiger partial charge in [0.15, 0.2) is 0 Å². The molecule has 2 rings (SSSR count). The minimum absolute atomic E-state index is 0.00690. The fourth-order valence-corrected chi connectivity index (χ4v) is 2.16. The first-order valence-electron chi connectivity index (χ1n) is 6.71. The molecule has 20 heavy (non-hydrogen) atoms. The van der Waals surface area contributed by atoms with Crippen LogP contribution in [0.25, 0.3) is 10.8 Å². The normalized spacial score (nSPS) is 10.2. The van der Waals surface area contributed by atoms with Crippen molar-refractivity contribution in [1.29, 1.82) is 0 Å². The molecule has 104 valence electrons. The van der Waals surface area contributed by atoms with Gasteiger partial charge in [-0.1, -0.05) is 42.5 Å². The maximum atomic E-state index is 11.9. The van der Waals surface area contributed by atoms with Crippen LogP contribution in [0.1, 0.15) is 12.0 Å². The van der Waals surface area contributed by atoms with E-state index in [1.807, 2.05) is 42.5 Å². The Bertz CT molecular complexity index is 591. The van der Waals surface area contributed by atoms with Crippen molar-refractivity contribution in [3.63, 3.8) is 0 Å². The number of rotatable bonds is 7. The maximum absolute atomic E-state index is 11.9. The molecule has 2 aromatic rings. The highest BCUT2D eigenvalue weighted by atomic mass is 16.1. The molecular formula is C16H18N2O2. The maximum Gasteiger partial charge on any atom is 0.224 e. The van der Waals surface area contributed by atoms with E-state index in [1.165, 1.54) is 0 Å². The zero-order valence-corrected chi connectivity index (χ0v) is 11.3. The number of benzene rings is 2. The van der Waals surface area contributed by atoms with E-state index in [1.54, 1.807) is 0 Å². The van der Waals surface area contributed by atoms with Gasteiger partial charge in [0.25, 0.3) is 0 Å². The Morgan fingerprint density at radius 3 is 2.70 bits per heavy atom. The molecule has 0 aliphatic carbocycles. The lowest BCUT2D eigenvalue weighted by Crippen LogP contribution is -2.28. The summed E-state index contributed by atoms with van der Waals surface area (Å²) in [5.74, 6) is 0.00690. The summed E-state index contributed by atoms with van der Waals surface area (Å²) < 4.78 is 0. The number of hydrogen-bond donors (Lipinski definition) is 2. The van der Waals surface area contributed by atoms with E-state index in [4.69, 9.17) is 0 Å². The van der Waals surface area contributed by atoms with Crippen molar-refractivity contribution in [2.24, 2.45) is 0 Å². The first kappa shape index (κ1) is 14.1. The molecule has 0 aromatic heterocycles. The van der Waals surface area contributed by atoms with Crippen LogP contribution < -0.4 is 10.6 Å². The van der Waals surface area contributed by atoms with Gasteiger partial charge in [0.2, 0.25) is 12.3 Å². The van der Waals surface area contributed by atoms with Crippen molar-refractivity contribution in [3.05, 3.63) is 48.0 Å². The Kier molecular flexibility index (Phi) is 5.12. The largest absolute Gasteiger partial charge is 0.359 e. The second-order valence-electron chi connectivity index (χ2n) is 4.59. The summed E-state index contributed by atoms with van der Waals surface area (Å²) in [5, 5.41) is 7.69. The van der Waals surface area contributed by atoms with Crippen LogP contribution in [-0.2, 0) is 16.0 Å². The third-order valence-corrected chi connectivity index (χ3v) is 3.13. The summed E-state index contributed by atoms with van der Waals surface area (Å²) in [7, 11) is 0. The van der Waals surface area contributed by atoms with Gasteiger partial charge in [-0.05, 0) is 22.8 Å². The SMILES string of the molecule is O=CNCCCNC(=O)Cc1cccc2ccccc12. The van der Waals surface area contributed by atoms with Crippen LogP contribution in [0.15, 0.2) is 42.5 Å². The van der Waals surface area contributed by atoms with Gasteiger partial charge in [-0.3, -0.25) is 9.59 Å². The van der Waals surface area contributed by atoms with E-state index >= 15 is 0 Å². The summed E-state index contributed by atoms with van der Waals surface area (Å²) in [4.78, 5) is 22.0. The molecule has 2 amide bonds. The van der Waals surface area contributed by atoms with Crippen LogP contribution in [0, 0.1) is 0 Å². The predicted octanol–water partition coefficient (Wildman–Crippen LogP) is 1.63. The third kappa shape index (κ3) is 3.82. The van der Waals surface area contributed by atoms with E-state index in [0.29, 0.717) is 25.9 Å². The summed E-state index contributed by atoms with van der Waals surface area (Å²) in [5.41, 5.74) is 1.03. The molecule has 0 aliphatic rings. The topological polar surface area (TPSA) is 58.2 Å². The van der Waals surface area contributed by atoms with Crippen LogP contribution in [-0.4, -0.2) is 25.4 Å². The molecule has 0 unspecified atom stereocenters. The second kappa shape index (κ2) is 7.28. The van der Waals surface area contributed by atoms with Crippen LogP contribution in [0.5, 0.6) is 0 Å². The lowest BCUT2D eigenvalue weighted by molar-refractivity contribution is -0.120. The lowest BCUT2D eigenvalue weighted by atomic mass is 10.0. The number of nitrogens with one attached hydrogen (secondary N) is 2. The molecular weight excluding hydrogens is 252 g/mol. The molecule has 0 heterocycles. The van der Waals surface area contributed by atoms with E-state index in [-0.39, 0.29) is 5.91 Å². The van der Waals surface area contributed by atoms with Crippen molar-refractivity contribution in [2.75, 3.05) is 13.1 Å². The van der Waals surface area contributed by atoms with Crippen molar-refractivity contribution in [1.82, 2.24) is 10.6 Å². The fourth-order valence-electron chi connectivity index (χ4n) is 2.16. The molecule has 0 bridgehead atoms. The first-order chi connectivity index (χ1) is 9.81. The number of amides is 2. The van der Waals surface area contributed by atoms with Crippen molar-refractivity contribution < 1.29 is 9.59 Å². The number of hydrogen-bond acceptors (Lipinski definition) is 2. The molecule has 4 nitrogen and oxygen atoms in total. The zero-order valence-electron chi connectivity index (χ0n) is 11.3. The number of fused-ring (bicyclic) bond motifs is 1. The first-order valence-corrected chi connectivity index (χ1v) is 6.71. The van der Waals surface area contributed by atoms with E-state index in [9.17, 15) is 9.59 Å². The van der Waals surface area contributed by atoms with E-state index in [0.717, 1.165) is 22.8 Å².